The number of thioether (sulfide) groups is 1. The number of fused-ring (bicyclic) bond motifs is 1. The number of benzene rings is 2. The second-order valence-electron chi connectivity index (χ2n) is 10.5. The van der Waals surface area contributed by atoms with E-state index >= 15 is 0 Å². The summed E-state index contributed by atoms with van der Waals surface area (Å²) in [4.78, 5) is 54.8. The van der Waals surface area contributed by atoms with E-state index in [9.17, 15) is 29.4 Å². The van der Waals surface area contributed by atoms with Gasteiger partial charge >= 0.3 is 5.97 Å². The van der Waals surface area contributed by atoms with Crippen LogP contribution in [-0.4, -0.2) is 75.1 Å². The van der Waals surface area contributed by atoms with Crippen LogP contribution in [0.15, 0.2) is 54.7 Å². The van der Waals surface area contributed by atoms with Crippen LogP contribution >= 0.6 is 11.8 Å². The predicted molar refractivity (Wildman–Crippen MR) is 163 cm³/mol. The molecule has 226 valence electrons. The van der Waals surface area contributed by atoms with E-state index < -0.39 is 53.8 Å². The number of hydrogen-bond donors (Lipinski definition) is 7. The van der Waals surface area contributed by atoms with Gasteiger partial charge in [0.2, 0.25) is 17.7 Å². The maximum absolute atomic E-state index is 13.5. The van der Waals surface area contributed by atoms with E-state index in [2.05, 4.69) is 20.9 Å². The number of aromatic nitrogens is 1. The van der Waals surface area contributed by atoms with Gasteiger partial charge < -0.3 is 36.9 Å². The third-order valence-electron chi connectivity index (χ3n) is 6.93. The molecule has 0 aliphatic heterocycles. The standard InChI is InChI=1S/C30H39N5O6S/c1-17(2)26(30(40)41)35-29(39)25(14-18-8-10-20(36)11-9-18)34-28(38)24(12-13-42-3)33-27(37)22(31)15-19-16-32-23-7-5-4-6-21(19)23/h4-11,16-17,22,24-26,32,36H,12-15,31H2,1-3H3,(H,33,37)(H,34,38)(H,35,39)(H,40,41). The van der Waals surface area contributed by atoms with Crippen molar-refractivity contribution in [3.63, 3.8) is 0 Å². The van der Waals surface area contributed by atoms with Crippen molar-refractivity contribution in [2.24, 2.45) is 11.7 Å². The van der Waals surface area contributed by atoms with Crippen LogP contribution in [0.5, 0.6) is 5.75 Å². The lowest BCUT2D eigenvalue weighted by Crippen LogP contribution is -2.58. The van der Waals surface area contributed by atoms with E-state index in [0.29, 0.717) is 11.3 Å². The van der Waals surface area contributed by atoms with Crippen LogP contribution in [0.4, 0.5) is 0 Å². The number of amides is 3. The quantitative estimate of drug-likeness (QED) is 0.138. The van der Waals surface area contributed by atoms with Crippen LogP contribution in [0.2, 0.25) is 0 Å². The maximum atomic E-state index is 13.5. The highest BCUT2D eigenvalue weighted by atomic mass is 32.2. The third-order valence-corrected chi connectivity index (χ3v) is 7.58. The average molecular weight is 598 g/mol. The number of phenolic OH excluding ortho intramolecular Hbond substituents is 1. The second-order valence-corrected chi connectivity index (χ2v) is 11.5. The van der Waals surface area contributed by atoms with Crippen LogP contribution in [0, 0.1) is 5.92 Å². The number of carboxylic acids is 1. The van der Waals surface area contributed by atoms with Crippen LogP contribution in [-0.2, 0) is 32.0 Å². The molecule has 0 saturated heterocycles. The first kappa shape index (κ1) is 32.5. The van der Waals surface area contributed by atoms with Crippen molar-refractivity contribution in [3.8, 4) is 5.75 Å². The molecule has 4 unspecified atom stereocenters. The Morgan fingerprint density at radius 3 is 2.19 bits per heavy atom. The smallest absolute Gasteiger partial charge is 0.326 e. The fourth-order valence-corrected chi connectivity index (χ4v) is 5.00. The number of carbonyl (C=O) groups is 4. The lowest BCUT2D eigenvalue weighted by atomic mass is 10.0. The number of hydrogen-bond acceptors (Lipinski definition) is 7. The van der Waals surface area contributed by atoms with Crippen molar-refractivity contribution < 1.29 is 29.4 Å². The number of para-hydroxylation sites is 1. The molecule has 0 aliphatic rings. The van der Waals surface area contributed by atoms with E-state index in [-0.39, 0.29) is 25.0 Å². The highest BCUT2D eigenvalue weighted by Crippen LogP contribution is 2.19. The first-order chi connectivity index (χ1) is 20.0. The molecular weight excluding hydrogens is 558 g/mol. The van der Waals surface area contributed by atoms with Crippen LogP contribution in [0.25, 0.3) is 10.9 Å². The fraction of sp³-hybridized carbons (Fsp3) is 0.400. The molecule has 0 radical (unpaired) electrons. The topological polar surface area (TPSA) is 187 Å². The Kier molecular flexibility index (Phi) is 11.8. The van der Waals surface area contributed by atoms with Gasteiger partial charge in [-0.1, -0.05) is 44.2 Å². The molecule has 0 fully saturated rings. The summed E-state index contributed by atoms with van der Waals surface area (Å²) in [5, 5.41) is 28.1. The summed E-state index contributed by atoms with van der Waals surface area (Å²) in [5.41, 5.74) is 8.69. The summed E-state index contributed by atoms with van der Waals surface area (Å²) in [6.45, 7) is 3.33. The van der Waals surface area contributed by atoms with Crippen molar-refractivity contribution in [3.05, 3.63) is 65.9 Å². The minimum absolute atomic E-state index is 0.0333. The zero-order valence-electron chi connectivity index (χ0n) is 23.9. The first-order valence-electron chi connectivity index (χ1n) is 13.7. The monoisotopic (exact) mass is 597 g/mol. The molecule has 42 heavy (non-hydrogen) atoms. The van der Waals surface area contributed by atoms with Crippen LogP contribution in [0.1, 0.15) is 31.4 Å². The molecule has 0 bridgehead atoms. The summed E-state index contributed by atoms with van der Waals surface area (Å²) in [7, 11) is 0. The summed E-state index contributed by atoms with van der Waals surface area (Å²) in [6, 6.07) is 9.59. The highest BCUT2D eigenvalue weighted by molar-refractivity contribution is 7.98. The molecule has 8 N–H and O–H groups in total. The fourth-order valence-electron chi connectivity index (χ4n) is 4.53. The highest BCUT2D eigenvalue weighted by Gasteiger charge is 2.31. The predicted octanol–water partition coefficient (Wildman–Crippen LogP) is 1.93. The normalized spacial score (nSPS) is 14.1. The van der Waals surface area contributed by atoms with E-state index in [1.54, 1.807) is 26.0 Å². The number of rotatable bonds is 15. The first-order valence-corrected chi connectivity index (χ1v) is 15.1. The van der Waals surface area contributed by atoms with Gasteiger partial charge in [0.15, 0.2) is 0 Å². The Morgan fingerprint density at radius 1 is 0.905 bits per heavy atom. The van der Waals surface area contributed by atoms with Crippen molar-refractivity contribution in [2.75, 3.05) is 12.0 Å². The zero-order chi connectivity index (χ0) is 30.8. The van der Waals surface area contributed by atoms with Crippen molar-refractivity contribution >= 4 is 46.4 Å². The molecule has 3 aromatic rings. The Morgan fingerprint density at radius 2 is 1.55 bits per heavy atom. The molecule has 1 heterocycles. The molecule has 12 heteroatoms. The van der Waals surface area contributed by atoms with Gasteiger partial charge in [-0.15, -0.1) is 0 Å². The molecular formula is C30H39N5O6S. The lowest BCUT2D eigenvalue weighted by molar-refractivity contribution is -0.143. The number of phenols is 1. The van der Waals surface area contributed by atoms with Gasteiger partial charge in [0, 0.05) is 23.5 Å². The zero-order valence-corrected chi connectivity index (χ0v) is 24.7. The number of aromatic amines is 1. The molecule has 3 amide bonds. The van der Waals surface area contributed by atoms with Gasteiger partial charge in [-0.25, -0.2) is 4.79 Å². The number of carboxylic acid groups (broad SMARTS) is 1. The average Bonchev–Trinajstić information content (AvgIpc) is 3.36. The summed E-state index contributed by atoms with van der Waals surface area (Å²) < 4.78 is 0. The number of aromatic hydroxyl groups is 1. The maximum Gasteiger partial charge on any atom is 0.326 e. The summed E-state index contributed by atoms with van der Waals surface area (Å²) in [5.74, 6) is -2.77. The molecule has 11 nitrogen and oxygen atoms in total. The number of nitrogens with two attached hydrogens (primary N) is 1. The summed E-state index contributed by atoms with van der Waals surface area (Å²) >= 11 is 1.50. The van der Waals surface area contributed by atoms with Crippen molar-refractivity contribution in [1.29, 1.82) is 0 Å². The van der Waals surface area contributed by atoms with E-state index in [0.717, 1.165) is 16.5 Å². The SMILES string of the molecule is CSCCC(NC(=O)C(N)Cc1c[nH]c2ccccc12)C(=O)NC(Cc1ccc(O)cc1)C(=O)NC(C(=O)O)C(C)C. The molecule has 0 aliphatic carbocycles. The molecule has 0 spiro atoms. The summed E-state index contributed by atoms with van der Waals surface area (Å²) in [6.07, 6.45) is 4.26. The Balaban J connectivity index is 1.76. The van der Waals surface area contributed by atoms with Gasteiger partial charge in [0.1, 0.15) is 23.9 Å². The largest absolute Gasteiger partial charge is 0.508 e. The van der Waals surface area contributed by atoms with Crippen LogP contribution < -0.4 is 21.7 Å². The third kappa shape index (κ3) is 8.98. The molecule has 4 atom stereocenters. The van der Waals surface area contributed by atoms with Crippen molar-refractivity contribution in [2.45, 2.75) is 57.3 Å². The molecule has 0 saturated carbocycles. The number of carbonyl (C=O) groups excluding carboxylic acids is 3. The lowest BCUT2D eigenvalue weighted by Gasteiger charge is -2.26. The number of aliphatic carboxylic acids is 1. The van der Waals surface area contributed by atoms with E-state index in [1.165, 1.54) is 23.9 Å². The van der Waals surface area contributed by atoms with Crippen LogP contribution in [0.3, 0.4) is 0 Å². The number of H-pyrrole nitrogens is 1. The Hall–Kier alpha value is -4.03. The molecule has 1 aromatic heterocycles. The van der Waals surface area contributed by atoms with Crippen molar-refractivity contribution in [1.82, 2.24) is 20.9 Å². The van der Waals surface area contributed by atoms with Gasteiger partial charge in [-0.3, -0.25) is 14.4 Å². The Labute approximate surface area is 249 Å². The van der Waals surface area contributed by atoms with E-state index in [4.69, 9.17) is 5.73 Å². The minimum atomic E-state index is -1.19. The van der Waals surface area contributed by atoms with Gasteiger partial charge in [-0.2, -0.15) is 11.8 Å². The second kappa shape index (κ2) is 15.3. The number of nitrogens with one attached hydrogen (secondary N) is 4. The Bertz CT molecular complexity index is 1380. The minimum Gasteiger partial charge on any atom is -0.508 e. The van der Waals surface area contributed by atoms with Gasteiger partial charge in [-0.05, 0) is 60.1 Å². The molecule has 2 aromatic carbocycles. The van der Waals surface area contributed by atoms with E-state index in [1.807, 2.05) is 36.7 Å². The van der Waals surface area contributed by atoms with Gasteiger partial charge in [0.25, 0.3) is 0 Å². The van der Waals surface area contributed by atoms with Gasteiger partial charge in [0.05, 0.1) is 6.04 Å². The molecule has 3 rings (SSSR count).